The van der Waals surface area contributed by atoms with Crippen LogP contribution < -0.4 is 14.5 Å². The normalized spacial score (nSPS) is 14.8. The number of pyridine rings is 1. The molecule has 20 heavy (non-hydrogen) atoms. The minimum absolute atomic E-state index is 0.427. The Balaban J connectivity index is 1.64. The minimum Gasteiger partial charge on any atom is -0.481 e. The Hall–Kier alpha value is -2.37. The average Bonchev–Trinajstić information content (AvgIpc) is 2.47. The minimum atomic E-state index is 0.427. The van der Waals surface area contributed by atoms with Gasteiger partial charge in [0.2, 0.25) is 5.88 Å². The predicted octanol–water partition coefficient (Wildman–Crippen LogP) is 1.21. The summed E-state index contributed by atoms with van der Waals surface area (Å²) in [4.78, 5) is 17.1. The summed E-state index contributed by atoms with van der Waals surface area (Å²) in [5.41, 5.74) is 0. The molecule has 1 aliphatic rings. The van der Waals surface area contributed by atoms with Crippen molar-refractivity contribution in [1.82, 2.24) is 15.0 Å². The number of hydrogen-bond donors (Lipinski definition) is 0. The molecule has 1 fully saturated rings. The quantitative estimate of drug-likeness (QED) is 0.833. The maximum atomic E-state index is 5.13. The van der Waals surface area contributed by atoms with Crippen LogP contribution in [0.25, 0.3) is 0 Å². The summed E-state index contributed by atoms with van der Waals surface area (Å²) in [6, 6.07) is 8.25. The Morgan fingerprint density at radius 3 is 2.80 bits per heavy atom. The van der Waals surface area contributed by atoms with Gasteiger partial charge in [0.05, 0.1) is 13.2 Å². The smallest absolute Gasteiger partial charge is 0.218 e. The van der Waals surface area contributed by atoms with Gasteiger partial charge in [-0.2, -0.15) is 0 Å². The fourth-order valence-corrected chi connectivity index (χ4v) is 2.25. The zero-order chi connectivity index (χ0) is 13.9. The summed E-state index contributed by atoms with van der Waals surface area (Å²) in [7, 11) is 3.65. The highest BCUT2D eigenvalue weighted by Crippen LogP contribution is 2.24. The number of likely N-dealkylation sites (N-methyl/N-ethyl adjacent to an activating group) is 1. The molecular formula is C14H17N5O. The lowest BCUT2D eigenvalue weighted by molar-refractivity contribution is 0.396. The molecule has 0 aliphatic carbocycles. The molecular weight excluding hydrogens is 254 g/mol. The Labute approximate surface area is 118 Å². The van der Waals surface area contributed by atoms with Gasteiger partial charge in [0, 0.05) is 32.4 Å². The Kier molecular flexibility index (Phi) is 3.37. The van der Waals surface area contributed by atoms with Crippen LogP contribution in [0.2, 0.25) is 0 Å². The van der Waals surface area contributed by atoms with Crippen LogP contribution in [0.4, 0.5) is 11.6 Å². The van der Waals surface area contributed by atoms with E-state index in [2.05, 4.69) is 24.8 Å². The number of methoxy groups -OCH3 is 1. The number of aromatic nitrogens is 3. The summed E-state index contributed by atoms with van der Waals surface area (Å²) in [5.74, 6) is 2.49. The van der Waals surface area contributed by atoms with E-state index >= 15 is 0 Å². The largest absolute Gasteiger partial charge is 0.481 e. The van der Waals surface area contributed by atoms with Crippen molar-refractivity contribution in [2.45, 2.75) is 6.04 Å². The first-order valence-corrected chi connectivity index (χ1v) is 6.53. The summed E-state index contributed by atoms with van der Waals surface area (Å²) in [6.07, 6.45) is 3.35. The number of nitrogens with zero attached hydrogens (tertiary/aromatic N) is 5. The molecule has 0 atom stereocenters. The Morgan fingerprint density at radius 1 is 1.25 bits per heavy atom. The molecule has 0 aromatic carbocycles. The van der Waals surface area contributed by atoms with Gasteiger partial charge in [-0.3, -0.25) is 0 Å². The van der Waals surface area contributed by atoms with E-state index in [9.17, 15) is 0 Å². The molecule has 2 aromatic rings. The number of hydrogen-bond acceptors (Lipinski definition) is 6. The van der Waals surface area contributed by atoms with Gasteiger partial charge in [0.25, 0.3) is 0 Å². The first kappa shape index (κ1) is 12.7. The van der Waals surface area contributed by atoms with E-state index in [1.54, 1.807) is 7.11 Å². The van der Waals surface area contributed by atoms with Crippen LogP contribution >= 0.6 is 0 Å². The lowest BCUT2D eigenvalue weighted by Crippen LogP contribution is -2.59. The topological polar surface area (TPSA) is 54.4 Å². The Bertz CT molecular complexity index is 571. The van der Waals surface area contributed by atoms with Crippen LogP contribution in [0.15, 0.2) is 36.8 Å². The van der Waals surface area contributed by atoms with Crippen molar-refractivity contribution in [2.24, 2.45) is 0 Å². The second kappa shape index (κ2) is 5.32. The average molecular weight is 271 g/mol. The van der Waals surface area contributed by atoms with Crippen LogP contribution in [-0.2, 0) is 0 Å². The molecule has 1 saturated heterocycles. The van der Waals surface area contributed by atoms with E-state index in [1.165, 1.54) is 6.33 Å². The third-order valence-corrected chi connectivity index (χ3v) is 3.58. The van der Waals surface area contributed by atoms with Gasteiger partial charge in [-0.1, -0.05) is 6.07 Å². The second-order valence-electron chi connectivity index (χ2n) is 4.78. The van der Waals surface area contributed by atoms with E-state index in [0.29, 0.717) is 11.9 Å². The van der Waals surface area contributed by atoms with Crippen molar-refractivity contribution in [2.75, 3.05) is 37.0 Å². The Morgan fingerprint density at radius 2 is 2.10 bits per heavy atom. The van der Waals surface area contributed by atoms with Gasteiger partial charge in [-0.15, -0.1) is 0 Å². The van der Waals surface area contributed by atoms with Gasteiger partial charge in [0.15, 0.2) is 0 Å². The molecule has 0 radical (unpaired) electrons. The maximum absolute atomic E-state index is 5.13. The van der Waals surface area contributed by atoms with Gasteiger partial charge < -0.3 is 14.5 Å². The molecule has 104 valence electrons. The zero-order valence-corrected chi connectivity index (χ0v) is 11.6. The molecule has 0 bridgehead atoms. The summed E-state index contributed by atoms with van der Waals surface area (Å²) >= 11 is 0. The van der Waals surface area contributed by atoms with Crippen LogP contribution in [0, 0.1) is 0 Å². The van der Waals surface area contributed by atoms with E-state index in [1.807, 2.05) is 37.5 Å². The third-order valence-electron chi connectivity index (χ3n) is 3.58. The van der Waals surface area contributed by atoms with Crippen LogP contribution in [0.3, 0.4) is 0 Å². The summed E-state index contributed by atoms with van der Waals surface area (Å²) in [6.45, 7) is 1.89. The fraction of sp³-hybridized carbons (Fsp3) is 0.357. The molecule has 3 heterocycles. The van der Waals surface area contributed by atoms with Crippen molar-refractivity contribution in [3.8, 4) is 5.88 Å². The van der Waals surface area contributed by atoms with Gasteiger partial charge >= 0.3 is 0 Å². The molecule has 2 aromatic heterocycles. The maximum Gasteiger partial charge on any atom is 0.218 e. The zero-order valence-electron chi connectivity index (χ0n) is 11.6. The summed E-state index contributed by atoms with van der Waals surface area (Å²) in [5, 5.41) is 0. The van der Waals surface area contributed by atoms with Crippen molar-refractivity contribution in [1.29, 1.82) is 0 Å². The van der Waals surface area contributed by atoms with Crippen LogP contribution in [-0.4, -0.2) is 48.2 Å². The molecule has 0 spiro atoms. The van der Waals surface area contributed by atoms with Gasteiger partial charge in [0.1, 0.15) is 18.0 Å². The van der Waals surface area contributed by atoms with Gasteiger partial charge in [-0.05, 0) is 12.1 Å². The molecule has 0 saturated carbocycles. The summed E-state index contributed by atoms with van der Waals surface area (Å²) < 4.78 is 5.13. The van der Waals surface area contributed by atoms with E-state index < -0.39 is 0 Å². The molecule has 6 nitrogen and oxygen atoms in total. The standard InChI is InChI=1S/C14H17N5O/c1-18(13-7-14(20-2)17-10-16-13)11-8-19(9-11)12-5-3-4-6-15-12/h3-7,10-11H,8-9H2,1-2H3. The molecule has 6 heteroatoms. The highest BCUT2D eigenvalue weighted by atomic mass is 16.5. The number of ether oxygens (including phenoxy) is 1. The first-order valence-electron chi connectivity index (χ1n) is 6.53. The molecule has 0 unspecified atom stereocenters. The van der Waals surface area contributed by atoms with Crippen molar-refractivity contribution >= 4 is 11.6 Å². The first-order chi connectivity index (χ1) is 9.78. The van der Waals surface area contributed by atoms with Crippen molar-refractivity contribution < 1.29 is 4.74 Å². The van der Waals surface area contributed by atoms with Gasteiger partial charge in [-0.25, -0.2) is 15.0 Å². The molecule has 0 N–H and O–H groups in total. The second-order valence-corrected chi connectivity index (χ2v) is 4.78. The number of rotatable bonds is 4. The molecule has 3 rings (SSSR count). The lowest BCUT2D eigenvalue weighted by Gasteiger charge is -2.45. The van der Waals surface area contributed by atoms with Crippen molar-refractivity contribution in [3.63, 3.8) is 0 Å². The lowest BCUT2D eigenvalue weighted by atomic mass is 10.1. The highest BCUT2D eigenvalue weighted by molar-refractivity contribution is 5.48. The SMILES string of the molecule is COc1cc(N(C)C2CN(c3ccccn3)C2)ncn1. The number of anilines is 2. The highest BCUT2D eigenvalue weighted by Gasteiger charge is 2.31. The third kappa shape index (κ3) is 2.36. The van der Waals surface area contributed by atoms with Crippen molar-refractivity contribution in [3.05, 3.63) is 36.8 Å². The molecule has 0 amide bonds. The van der Waals surface area contributed by atoms with Crippen LogP contribution in [0.5, 0.6) is 5.88 Å². The monoisotopic (exact) mass is 271 g/mol. The van der Waals surface area contributed by atoms with E-state index in [4.69, 9.17) is 4.74 Å². The van der Waals surface area contributed by atoms with Crippen LogP contribution in [0.1, 0.15) is 0 Å². The predicted molar refractivity (Wildman–Crippen MR) is 77.2 cm³/mol. The van der Waals surface area contributed by atoms with E-state index in [0.717, 1.165) is 24.7 Å². The van der Waals surface area contributed by atoms with E-state index in [-0.39, 0.29) is 0 Å². The molecule has 1 aliphatic heterocycles. The fourth-order valence-electron chi connectivity index (χ4n) is 2.25.